The molecule has 1 fully saturated rings. The summed E-state index contributed by atoms with van der Waals surface area (Å²) in [5, 5.41) is 3.60. The summed E-state index contributed by atoms with van der Waals surface area (Å²) in [6.45, 7) is 10.1. The first-order chi connectivity index (χ1) is 7.69. The van der Waals surface area contributed by atoms with E-state index >= 15 is 0 Å². The van der Waals surface area contributed by atoms with Gasteiger partial charge in [0.1, 0.15) is 0 Å². The Kier molecular flexibility index (Phi) is 6.32. The average molecular weight is 228 g/mol. The fourth-order valence-corrected chi connectivity index (χ4v) is 2.40. The summed E-state index contributed by atoms with van der Waals surface area (Å²) < 4.78 is 5.33. The van der Waals surface area contributed by atoms with Crippen molar-refractivity contribution < 1.29 is 4.74 Å². The molecule has 0 aromatic carbocycles. The maximum absolute atomic E-state index is 5.33. The van der Waals surface area contributed by atoms with Crippen LogP contribution in [-0.2, 0) is 4.74 Å². The molecular formula is C13H28N2O. The SMILES string of the molecule is CCN1CCCCC1CNC(C)C(C)OC. The predicted octanol–water partition coefficient (Wildman–Crippen LogP) is 1.87. The van der Waals surface area contributed by atoms with Gasteiger partial charge in [-0.2, -0.15) is 0 Å². The first kappa shape index (κ1) is 13.9. The quantitative estimate of drug-likeness (QED) is 0.751. The normalized spacial score (nSPS) is 26.6. The number of hydrogen-bond donors (Lipinski definition) is 1. The topological polar surface area (TPSA) is 24.5 Å². The van der Waals surface area contributed by atoms with Gasteiger partial charge in [-0.1, -0.05) is 13.3 Å². The fraction of sp³-hybridized carbons (Fsp3) is 1.00. The van der Waals surface area contributed by atoms with Gasteiger partial charge in [0.15, 0.2) is 0 Å². The Labute approximate surface area is 101 Å². The number of rotatable bonds is 6. The Morgan fingerprint density at radius 3 is 2.75 bits per heavy atom. The molecule has 1 N–H and O–H groups in total. The zero-order valence-electron chi connectivity index (χ0n) is 11.3. The second kappa shape index (κ2) is 7.25. The van der Waals surface area contributed by atoms with Gasteiger partial charge in [-0.3, -0.25) is 4.90 Å². The van der Waals surface area contributed by atoms with Crippen molar-refractivity contribution in [2.45, 2.75) is 58.2 Å². The van der Waals surface area contributed by atoms with E-state index in [0.29, 0.717) is 12.1 Å². The van der Waals surface area contributed by atoms with Crippen molar-refractivity contribution in [2.24, 2.45) is 0 Å². The molecule has 1 aliphatic heterocycles. The van der Waals surface area contributed by atoms with Crippen LogP contribution in [0, 0.1) is 0 Å². The van der Waals surface area contributed by atoms with E-state index in [4.69, 9.17) is 4.74 Å². The Hall–Kier alpha value is -0.120. The summed E-state index contributed by atoms with van der Waals surface area (Å²) >= 11 is 0. The number of piperidine rings is 1. The molecule has 1 saturated heterocycles. The van der Waals surface area contributed by atoms with Crippen molar-refractivity contribution in [2.75, 3.05) is 26.7 Å². The van der Waals surface area contributed by atoms with Crippen LogP contribution in [0.1, 0.15) is 40.0 Å². The number of nitrogens with one attached hydrogen (secondary N) is 1. The van der Waals surface area contributed by atoms with Gasteiger partial charge in [-0.25, -0.2) is 0 Å². The molecule has 0 saturated carbocycles. The van der Waals surface area contributed by atoms with Gasteiger partial charge in [-0.05, 0) is 39.8 Å². The van der Waals surface area contributed by atoms with Crippen LogP contribution in [0.25, 0.3) is 0 Å². The summed E-state index contributed by atoms with van der Waals surface area (Å²) in [7, 11) is 1.78. The minimum absolute atomic E-state index is 0.290. The molecule has 1 rings (SSSR count). The molecule has 3 nitrogen and oxygen atoms in total. The summed E-state index contributed by atoms with van der Waals surface area (Å²) in [6, 6.07) is 1.16. The molecule has 0 radical (unpaired) electrons. The highest BCUT2D eigenvalue weighted by molar-refractivity contribution is 4.80. The van der Waals surface area contributed by atoms with Gasteiger partial charge in [0.05, 0.1) is 6.10 Å². The highest BCUT2D eigenvalue weighted by Gasteiger charge is 2.21. The number of hydrogen-bond acceptors (Lipinski definition) is 3. The lowest BCUT2D eigenvalue weighted by Crippen LogP contribution is -2.48. The van der Waals surface area contributed by atoms with E-state index in [-0.39, 0.29) is 0 Å². The molecule has 1 heterocycles. The van der Waals surface area contributed by atoms with Crippen LogP contribution < -0.4 is 5.32 Å². The van der Waals surface area contributed by atoms with Crippen LogP contribution in [0.15, 0.2) is 0 Å². The van der Waals surface area contributed by atoms with E-state index < -0.39 is 0 Å². The summed E-state index contributed by atoms with van der Waals surface area (Å²) in [5.74, 6) is 0. The summed E-state index contributed by atoms with van der Waals surface area (Å²) in [5.41, 5.74) is 0. The molecule has 0 aromatic heterocycles. The molecule has 0 aliphatic carbocycles. The average Bonchev–Trinajstić information content (AvgIpc) is 2.35. The zero-order valence-corrected chi connectivity index (χ0v) is 11.3. The van der Waals surface area contributed by atoms with Crippen molar-refractivity contribution in [1.29, 1.82) is 0 Å². The molecular weight excluding hydrogens is 200 g/mol. The lowest BCUT2D eigenvalue weighted by molar-refractivity contribution is 0.0809. The molecule has 0 amide bonds. The van der Waals surface area contributed by atoms with E-state index in [1.165, 1.54) is 32.4 Å². The van der Waals surface area contributed by atoms with Gasteiger partial charge in [0.25, 0.3) is 0 Å². The highest BCUT2D eigenvalue weighted by Crippen LogP contribution is 2.16. The first-order valence-corrected chi connectivity index (χ1v) is 6.69. The number of likely N-dealkylation sites (N-methyl/N-ethyl adjacent to an activating group) is 1. The molecule has 0 spiro atoms. The number of nitrogens with zero attached hydrogens (tertiary/aromatic N) is 1. The van der Waals surface area contributed by atoms with Crippen molar-refractivity contribution >= 4 is 0 Å². The van der Waals surface area contributed by atoms with Gasteiger partial charge in [0.2, 0.25) is 0 Å². The van der Waals surface area contributed by atoms with Crippen molar-refractivity contribution in [3.8, 4) is 0 Å². The molecule has 3 atom stereocenters. The van der Waals surface area contributed by atoms with Crippen LogP contribution in [0.3, 0.4) is 0 Å². The smallest absolute Gasteiger partial charge is 0.0693 e. The Balaban J connectivity index is 2.29. The largest absolute Gasteiger partial charge is 0.380 e. The van der Waals surface area contributed by atoms with Crippen LogP contribution >= 0.6 is 0 Å². The monoisotopic (exact) mass is 228 g/mol. The third kappa shape index (κ3) is 4.04. The molecule has 0 aromatic rings. The molecule has 16 heavy (non-hydrogen) atoms. The number of ether oxygens (including phenoxy) is 1. The van der Waals surface area contributed by atoms with Crippen molar-refractivity contribution in [1.82, 2.24) is 10.2 Å². The van der Waals surface area contributed by atoms with E-state index in [2.05, 4.69) is 31.0 Å². The lowest BCUT2D eigenvalue weighted by Gasteiger charge is -2.36. The van der Waals surface area contributed by atoms with E-state index in [1.54, 1.807) is 7.11 Å². The molecule has 3 unspecified atom stereocenters. The van der Waals surface area contributed by atoms with Crippen molar-refractivity contribution in [3.05, 3.63) is 0 Å². The van der Waals surface area contributed by atoms with Crippen LogP contribution in [0.2, 0.25) is 0 Å². The van der Waals surface area contributed by atoms with Gasteiger partial charge in [0, 0.05) is 25.7 Å². The second-order valence-corrected chi connectivity index (χ2v) is 4.92. The van der Waals surface area contributed by atoms with Crippen LogP contribution in [0.5, 0.6) is 0 Å². The zero-order chi connectivity index (χ0) is 12.0. The Morgan fingerprint density at radius 1 is 1.38 bits per heavy atom. The third-order valence-electron chi connectivity index (χ3n) is 3.91. The third-order valence-corrected chi connectivity index (χ3v) is 3.91. The van der Waals surface area contributed by atoms with Crippen LogP contribution in [0.4, 0.5) is 0 Å². The fourth-order valence-electron chi connectivity index (χ4n) is 2.40. The standard InChI is InChI=1S/C13H28N2O/c1-5-15-9-7-6-8-13(15)10-14-11(2)12(3)16-4/h11-14H,5-10H2,1-4H3. The molecule has 3 heteroatoms. The van der Waals surface area contributed by atoms with Gasteiger partial charge < -0.3 is 10.1 Å². The Morgan fingerprint density at radius 2 is 2.12 bits per heavy atom. The van der Waals surface area contributed by atoms with E-state index in [0.717, 1.165) is 12.6 Å². The predicted molar refractivity (Wildman–Crippen MR) is 68.8 cm³/mol. The second-order valence-electron chi connectivity index (χ2n) is 4.92. The van der Waals surface area contributed by atoms with Gasteiger partial charge in [-0.15, -0.1) is 0 Å². The Bertz CT molecular complexity index is 187. The van der Waals surface area contributed by atoms with E-state index in [9.17, 15) is 0 Å². The molecule has 0 bridgehead atoms. The van der Waals surface area contributed by atoms with Crippen LogP contribution in [-0.4, -0.2) is 49.8 Å². The maximum Gasteiger partial charge on any atom is 0.0693 e. The lowest BCUT2D eigenvalue weighted by atomic mass is 10.0. The van der Waals surface area contributed by atoms with Crippen molar-refractivity contribution in [3.63, 3.8) is 0 Å². The number of methoxy groups -OCH3 is 1. The minimum atomic E-state index is 0.290. The molecule has 1 aliphatic rings. The van der Waals surface area contributed by atoms with Gasteiger partial charge >= 0.3 is 0 Å². The minimum Gasteiger partial charge on any atom is -0.380 e. The number of likely N-dealkylation sites (tertiary alicyclic amines) is 1. The molecule has 96 valence electrons. The first-order valence-electron chi connectivity index (χ1n) is 6.69. The van der Waals surface area contributed by atoms with E-state index in [1.807, 2.05) is 0 Å². The summed E-state index contributed by atoms with van der Waals surface area (Å²) in [6.07, 6.45) is 4.39. The maximum atomic E-state index is 5.33. The highest BCUT2D eigenvalue weighted by atomic mass is 16.5. The summed E-state index contributed by atoms with van der Waals surface area (Å²) in [4.78, 5) is 2.60.